The van der Waals surface area contributed by atoms with Gasteiger partial charge in [-0.15, -0.1) is 0 Å². The number of aryl methyl sites for hydroxylation is 1. The first-order valence-corrected chi connectivity index (χ1v) is 5.84. The van der Waals surface area contributed by atoms with Crippen LogP contribution in [0, 0.1) is 18.3 Å². The van der Waals surface area contributed by atoms with Gasteiger partial charge in [0.1, 0.15) is 6.33 Å². The molecule has 1 heterocycles. The summed E-state index contributed by atoms with van der Waals surface area (Å²) in [4.78, 5) is 5.18. The lowest BCUT2D eigenvalue weighted by Gasteiger charge is -2.00. The van der Waals surface area contributed by atoms with Crippen LogP contribution in [0.3, 0.4) is 0 Å². The lowest BCUT2D eigenvalue weighted by atomic mass is 10.1. The van der Waals surface area contributed by atoms with Crippen LogP contribution >= 0.6 is 23.3 Å². The maximum Gasteiger partial charge on any atom is 0.174 e. The molecule has 0 atom stereocenters. The Kier molecular flexibility index (Phi) is 2.99. The smallest absolute Gasteiger partial charge is 0.174 e. The number of aromatic nitrogens is 2. The van der Waals surface area contributed by atoms with Gasteiger partial charge in [-0.2, -0.15) is 9.64 Å². The van der Waals surface area contributed by atoms with Crippen molar-refractivity contribution in [2.24, 2.45) is 0 Å². The molecule has 0 saturated carbocycles. The molecule has 0 aliphatic heterocycles. The Bertz CT molecular complexity index is 500. The molecule has 0 fully saturated rings. The molecule has 0 N–H and O–H groups in total. The summed E-state index contributed by atoms with van der Waals surface area (Å²) >= 11 is 2.93. The quantitative estimate of drug-likeness (QED) is 0.800. The monoisotopic (exact) mass is 233 g/mol. The lowest BCUT2D eigenvalue weighted by molar-refractivity contribution is 1.21. The van der Waals surface area contributed by atoms with Crippen molar-refractivity contribution in [2.45, 2.75) is 16.2 Å². The molecule has 0 aliphatic rings. The van der Waals surface area contributed by atoms with Crippen LogP contribution in [0.4, 0.5) is 0 Å². The van der Waals surface area contributed by atoms with Gasteiger partial charge in [0.25, 0.3) is 0 Å². The van der Waals surface area contributed by atoms with E-state index in [0.29, 0.717) is 0 Å². The van der Waals surface area contributed by atoms with Crippen LogP contribution < -0.4 is 0 Å². The maximum absolute atomic E-state index is 8.79. The predicted molar refractivity (Wildman–Crippen MR) is 59.9 cm³/mol. The molecule has 3 nitrogen and oxygen atoms in total. The number of nitrogens with zero attached hydrogens (tertiary/aromatic N) is 3. The van der Waals surface area contributed by atoms with Gasteiger partial charge in [-0.3, -0.25) is 0 Å². The predicted octanol–water partition coefficient (Wildman–Crippen LogP) is 2.87. The van der Waals surface area contributed by atoms with Gasteiger partial charge in [0.2, 0.25) is 0 Å². The van der Waals surface area contributed by atoms with Crippen LogP contribution in [0.1, 0.15) is 11.1 Å². The van der Waals surface area contributed by atoms with E-state index in [0.717, 1.165) is 20.4 Å². The molecule has 2 aromatic rings. The molecule has 0 aliphatic carbocycles. The zero-order valence-electron chi connectivity index (χ0n) is 7.97. The summed E-state index contributed by atoms with van der Waals surface area (Å²) in [6.45, 7) is 1.93. The normalized spacial score (nSPS) is 9.87. The van der Waals surface area contributed by atoms with E-state index in [9.17, 15) is 0 Å². The van der Waals surface area contributed by atoms with Crippen LogP contribution in [0.2, 0.25) is 0 Å². The fourth-order valence-electron chi connectivity index (χ4n) is 1.13. The minimum Gasteiger partial charge on any atom is -0.216 e. The molecule has 0 amide bonds. The average molecular weight is 233 g/mol. The summed E-state index contributed by atoms with van der Waals surface area (Å²) in [6.07, 6.45) is 1.55. The molecule has 15 heavy (non-hydrogen) atoms. The van der Waals surface area contributed by atoms with Crippen LogP contribution in [-0.4, -0.2) is 9.36 Å². The second kappa shape index (κ2) is 4.43. The molecule has 0 saturated heterocycles. The minimum atomic E-state index is 0.719. The van der Waals surface area contributed by atoms with E-state index >= 15 is 0 Å². The molecule has 1 aromatic carbocycles. The zero-order chi connectivity index (χ0) is 10.7. The third-order valence-corrected chi connectivity index (χ3v) is 3.57. The highest BCUT2D eigenvalue weighted by molar-refractivity contribution is 8.01. The van der Waals surface area contributed by atoms with E-state index in [-0.39, 0.29) is 0 Å². The highest BCUT2D eigenvalue weighted by atomic mass is 32.2. The second-order valence-electron chi connectivity index (χ2n) is 2.90. The van der Waals surface area contributed by atoms with Crippen molar-refractivity contribution in [2.75, 3.05) is 0 Å². The van der Waals surface area contributed by atoms with Crippen LogP contribution in [0.5, 0.6) is 0 Å². The Balaban J connectivity index is 2.24. The van der Waals surface area contributed by atoms with Crippen molar-refractivity contribution in [3.8, 4) is 6.07 Å². The third kappa shape index (κ3) is 2.35. The SMILES string of the molecule is Cc1cc(Sc2ncns2)ccc1C#N. The molecule has 2 rings (SSSR count). The third-order valence-electron chi connectivity index (χ3n) is 1.86. The van der Waals surface area contributed by atoms with Crippen molar-refractivity contribution in [3.63, 3.8) is 0 Å². The molecule has 1 aromatic heterocycles. The highest BCUT2D eigenvalue weighted by Crippen LogP contribution is 2.29. The Morgan fingerprint density at radius 2 is 2.33 bits per heavy atom. The van der Waals surface area contributed by atoms with E-state index in [2.05, 4.69) is 15.4 Å². The number of rotatable bonds is 2. The van der Waals surface area contributed by atoms with E-state index in [1.165, 1.54) is 11.5 Å². The van der Waals surface area contributed by atoms with Gasteiger partial charge in [0, 0.05) is 4.90 Å². The van der Waals surface area contributed by atoms with Crippen molar-refractivity contribution < 1.29 is 0 Å². The molecular weight excluding hydrogens is 226 g/mol. The van der Waals surface area contributed by atoms with Gasteiger partial charge >= 0.3 is 0 Å². The summed E-state index contributed by atoms with van der Waals surface area (Å²) in [5.74, 6) is 0. The van der Waals surface area contributed by atoms with Gasteiger partial charge in [0.05, 0.1) is 11.6 Å². The van der Waals surface area contributed by atoms with Gasteiger partial charge in [-0.25, -0.2) is 4.98 Å². The molecular formula is C10H7N3S2. The number of benzene rings is 1. The van der Waals surface area contributed by atoms with Crippen LogP contribution in [0.25, 0.3) is 0 Å². The molecule has 5 heteroatoms. The van der Waals surface area contributed by atoms with E-state index in [1.807, 2.05) is 25.1 Å². The summed E-state index contributed by atoms with van der Waals surface area (Å²) in [5.41, 5.74) is 1.71. The number of hydrogen-bond donors (Lipinski definition) is 0. The van der Waals surface area contributed by atoms with Crippen molar-refractivity contribution in [1.29, 1.82) is 5.26 Å². The largest absolute Gasteiger partial charge is 0.216 e. The van der Waals surface area contributed by atoms with Crippen LogP contribution in [0.15, 0.2) is 33.8 Å². The van der Waals surface area contributed by atoms with Gasteiger partial charge < -0.3 is 0 Å². The first-order chi connectivity index (χ1) is 7.29. The maximum atomic E-state index is 8.79. The fraction of sp³-hybridized carbons (Fsp3) is 0.100. The van der Waals surface area contributed by atoms with E-state index in [4.69, 9.17) is 5.26 Å². The summed E-state index contributed by atoms with van der Waals surface area (Å²) in [7, 11) is 0. The Morgan fingerprint density at radius 1 is 1.47 bits per heavy atom. The summed E-state index contributed by atoms with van der Waals surface area (Å²) in [5, 5.41) is 8.79. The summed E-state index contributed by atoms with van der Waals surface area (Å²) in [6, 6.07) is 7.90. The standard InChI is InChI=1S/C10H7N3S2/c1-7-4-9(3-2-8(7)5-11)14-10-12-6-13-15-10/h2-4,6H,1H3. The molecule has 74 valence electrons. The van der Waals surface area contributed by atoms with Gasteiger partial charge in [0.15, 0.2) is 4.34 Å². The average Bonchev–Trinajstić information content (AvgIpc) is 2.71. The van der Waals surface area contributed by atoms with E-state index in [1.54, 1.807) is 18.1 Å². The van der Waals surface area contributed by atoms with Crippen LogP contribution in [-0.2, 0) is 0 Å². The van der Waals surface area contributed by atoms with Gasteiger partial charge in [-0.1, -0.05) is 11.8 Å². The first kappa shape index (κ1) is 10.1. The molecule has 0 bridgehead atoms. The fourth-order valence-corrected chi connectivity index (χ4v) is 2.65. The number of nitriles is 1. The topological polar surface area (TPSA) is 49.6 Å². The molecule has 0 spiro atoms. The Labute approximate surface area is 96.0 Å². The lowest BCUT2D eigenvalue weighted by Crippen LogP contribution is -1.82. The summed E-state index contributed by atoms with van der Waals surface area (Å²) < 4.78 is 4.85. The van der Waals surface area contributed by atoms with Crippen molar-refractivity contribution in [1.82, 2.24) is 9.36 Å². The number of hydrogen-bond acceptors (Lipinski definition) is 5. The Morgan fingerprint density at radius 3 is 2.93 bits per heavy atom. The Hall–Kier alpha value is -1.38. The van der Waals surface area contributed by atoms with E-state index < -0.39 is 0 Å². The minimum absolute atomic E-state index is 0.719. The zero-order valence-corrected chi connectivity index (χ0v) is 9.60. The van der Waals surface area contributed by atoms with Crippen molar-refractivity contribution in [3.05, 3.63) is 35.7 Å². The first-order valence-electron chi connectivity index (χ1n) is 4.25. The molecule has 0 radical (unpaired) electrons. The molecule has 0 unspecified atom stereocenters. The highest BCUT2D eigenvalue weighted by Gasteiger charge is 2.03. The van der Waals surface area contributed by atoms with Gasteiger partial charge in [-0.05, 0) is 42.2 Å². The second-order valence-corrected chi connectivity index (χ2v) is 5.00. The van der Waals surface area contributed by atoms with Crippen molar-refractivity contribution >= 4 is 23.3 Å².